The van der Waals surface area contributed by atoms with Crippen LogP contribution in [0.4, 0.5) is 5.82 Å². The Morgan fingerprint density at radius 2 is 1.85 bits per heavy atom. The van der Waals surface area contributed by atoms with Crippen molar-refractivity contribution in [3.8, 4) is 0 Å². The highest BCUT2D eigenvalue weighted by atomic mass is 16.6. The second-order valence-electron chi connectivity index (χ2n) is 9.39. The number of unbranched alkanes of at least 4 members (excludes halogenated alkanes) is 2. The molecule has 2 amide bonds. The average Bonchev–Trinajstić information content (AvgIpc) is 3.48. The topological polar surface area (TPSA) is 219 Å². The van der Waals surface area contributed by atoms with Gasteiger partial charge in [0, 0.05) is 52.2 Å². The number of imidazole rings is 1. The van der Waals surface area contributed by atoms with Crippen LogP contribution in [0.25, 0.3) is 11.2 Å². The lowest BCUT2D eigenvalue weighted by molar-refractivity contribution is -0.137. The third kappa shape index (κ3) is 8.27. The predicted octanol–water partition coefficient (Wildman–Crippen LogP) is -2.31. The zero-order valence-electron chi connectivity index (χ0n) is 22.5. The number of rotatable bonds is 17. The van der Waals surface area contributed by atoms with Gasteiger partial charge in [-0.2, -0.15) is 0 Å². The van der Waals surface area contributed by atoms with Crippen LogP contribution in [-0.2, 0) is 14.3 Å². The van der Waals surface area contributed by atoms with Crippen LogP contribution in [0.3, 0.4) is 0 Å². The van der Waals surface area contributed by atoms with Crippen molar-refractivity contribution in [2.45, 2.75) is 57.1 Å². The molecular formula is C24H42N10O5. The minimum atomic E-state index is -1.44. The fourth-order valence-electron chi connectivity index (χ4n) is 4.42. The lowest BCUT2D eigenvalue weighted by Crippen LogP contribution is -2.43. The summed E-state index contributed by atoms with van der Waals surface area (Å²) in [6.07, 6.45) is -0.0260. The van der Waals surface area contributed by atoms with Gasteiger partial charge in [0.2, 0.25) is 5.91 Å². The van der Waals surface area contributed by atoms with Crippen molar-refractivity contribution in [2.75, 3.05) is 58.1 Å². The molecule has 0 unspecified atom stereocenters. The number of aliphatic hydroxyl groups excluding tert-OH is 2. The van der Waals surface area contributed by atoms with Gasteiger partial charge in [-0.1, -0.05) is 13.3 Å². The second-order valence-corrected chi connectivity index (χ2v) is 9.39. The molecule has 1 saturated heterocycles. The molecule has 0 saturated carbocycles. The van der Waals surface area contributed by atoms with Gasteiger partial charge < -0.3 is 47.3 Å². The van der Waals surface area contributed by atoms with E-state index in [-0.39, 0.29) is 11.7 Å². The van der Waals surface area contributed by atoms with Gasteiger partial charge in [-0.3, -0.25) is 14.2 Å². The first kappa shape index (κ1) is 30.6. The Kier molecular flexibility index (Phi) is 12.2. The largest absolute Gasteiger partial charge is 0.387 e. The van der Waals surface area contributed by atoms with Gasteiger partial charge in [0.15, 0.2) is 23.8 Å². The normalized spacial score (nSPS) is 20.9. The lowest BCUT2D eigenvalue weighted by atomic mass is 10.1. The minimum absolute atomic E-state index is 0.0690. The van der Waals surface area contributed by atoms with Gasteiger partial charge in [0.25, 0.3) is 5.91 Å². The van der Waals surface area contributed by atoms with Crippen molar-refractivity contribution in [1.29, 1.82) is 0 Å². The van der Waals surface area contributed by atoms with Crippen molar-refractivity contribution in [1.82, 2.24) is 40.4 Å². The standard InChI is InChI=1S/C24H42N10O5/c1-2-27-9-10-28-11-13-33(12-7-25)16(35)6-4-3-5-8-29-23(38)20-18(36)19(37)24(39-20)34-15-32-17-21(26)30-14-31-22(17)34/h14-15,18-20,24,27-28,36-37H,2-13,25H2,1H3,(H,29,38)(H2,26,30,31)/t18-,19+,20-,24+/m0/s1. The summed E-state index contributed by atoms with van der Waals surface area (Å²) in [5.74, 6) is -0.295. The molecule has 15 heteroatoms. The van der Waals surface area contributed by atoms with Gasteiger partial charge in [0.1, 0.15) is 24.1 Å². The molecule has 0 aliphatic carbocycles. The molecule has 4 atom stereocenters. The van der Waals surface area contributed by atoms with Gasteiger partial charge in [-0.05, 0) is 19.4 Å². The molecule has 218 valence electrons. The quantitative estimate of drug-likeness (QED) is 0.103. The van der Waals surface area contributed by atoms with E-state index in [9.17, 15) is 19.8 Å². The number of nitrogens with two attached hydrogens (primary N) is 2. The Bertz CT molecular complexity index is 1050. The zero-order chi connectivity index (χ0) is 28.2. The van der Waals surface area contributed by atoms with Crippen LogP contribution in [0.1, 0.15) is 38.8 Å². The summed E-state index contributed by atoms with van der Waals surface area (Å²) < 4.78 is 7.12. The number of fused-ring (bicyclic) bond motifs is 1. The van der Waals surface area contributed by atoms with Crippen molar-refractivity contribution >= 4 is 28.8 Å². The Hall–Kier alpha value is -2.95. The summed E-state index contributed by atoms with van der Waals surface area (Å²) >= 11 is 0. The number of aliphatic hydroxyl groups is 2. The zero-order valence-corrected chi connectivity index (χ0v) is 22.5. The number of aromatic nitrogens is 4. The van der Waals surface area contributed by atoms with Crippen LogP contribution in [0.2, 0.25) is 0 Å². The number of amides is 2. The van der Waals surface area contributed by atoms with Crippen molar-refractivity contribution in [3.05, 3.63) is 12.7 Å². The molecule has 1 fully saturated rings. The Balaban J connectivity index is 1.36. The highest BCUT2D eigenvalue weighted by Crippen LogP contribution is 2.32. The van der Waals surface area contributed by atoms with E-state index in [1.165, 1.54) is 17.2 Å². The molecule has 9 N–H and O–H groups in total. The number of nitrogens with zero attached hydrogens (tertiary/aromatic N) is 5. The fraction of sp³-hybridized carbons (Fsp3) is 0.708. The monoisotopic (exact) mass is 550 g/mol. The molecule has 2 aromatic heterocycles. The maximum absolute atomic E-state index is 12.7. The number of likely N-dealkylation sites (N-methyl/N-ethyl adjacent to an activating group) is 1. The number of ether oxygens (including phenoxy) is 1. The molecule has 3 heterocycles. The number of nitrogens with one attached hydrogen (secondary N) is 3. The number of carbonyl (C=O) groups is 2. The van der Waals surface area contributed by atoms with Crippen LogP contribution in [0, 0.1) is 0 Å². The Labute approximate surface area is 227 Å². The number of nitrogen functional groups attached to an aromatic ring is 1. The molecule has 0 aromatic carbocycles. The summed E-state index contributed by atoms with van der Waals surface area (Å²) in [6.45, 7) is 7.34. The van der Waals surface area contributed by atoms with E-state index >= 15 is 0 Å². The van der Waals surface area contributed by atoms with Crippen molar-refractivity contribution < 1.29 is 24.5 Å². The van der Waals surface area contributed by atoms with E-state index in [0.29, 0.717) is 63.2 Å². The molecule has 2 aromatic rings. The first-order valence-corrected chi connectivity index (χ1v) is 13.5. The third-order valence-electron chi connectivity index (χ3n) is 6.56. The smallest absolute Gasteiger partial charge is 0.252 e. The molecule has 39 heavy (non-hydrogen) atoms. The highest BCUT2D eigenvalue weighted by molar-refractivity contribution is 5.82. The summed E-state index contributed by atoms with van der Waals surface area (Å²) in [6, 6.07) is 0. The molecule has 3 rings (SSSR count). The van der Waals surface area contributed by atoms with Crippen LogP contribution < -0.4 is 27.4 Å². The number of anilines is 1. The summed E-state index contributed by atoms with van der Waals surface area (Å²) in [7, 11) is 0. The van der Waals surface area contributed by atoms with Crippen LogP contribution in [-0.4, -0.2) is 117 Å². The second kappa shape index (κ2) is 15.6. The summed E-state index contributed by atoms with van der Waals surface area (Å²) in [5.41, 5.74) is 12.1. The first-order valence-electron chi connectivity index (χ1n) is 13.5. The first-order chi connectivity index (χ1) is 18.9. The maximum Gasteiger partial charge on any atom is 0.252 e. The van der Waals surface area contributed by atoms with E-state index in [0.717, 1.165) is 26.1 Å². The third-order valence-corrected chi connectivity index (χ3v) is 6.56. The minimum Gasteiger partial charge on any atom is -0.387 e. The van der Waals surface area contributed by atoms with Crippen LogP contribution in [0.5, 0.6) is 0 Å². The van der Waals surface area contributed by atoms with Crippen LogP contribution >= 0.6 is 0 Å². The molecular weight excluding hydrogens is 508 g/mol. The van der Waals surface area contributed by atoms with Gasteiger partial charge >= 0.3 is 0 Å². The Morgan fingerprint density at radius 3 is 2.62 bits per heavy atom. The van der Waals surface area contributed by atoms with E-state index in [4.69, 9.17) is 16.2 Å². The molecule has 0 bridgehead atoms. The fourth-order valence-corrected chi connectivity index (χ4v) is 4.42. The van der Waals surface area contributed by atoms with Crippen molar-refractivity contribution in [2.24, 2.45) is 5.73 Å². The van der Waals surface area contributed by atoms with Crippen molar-refractivity contribution in [3.63, 3.8) is 0 Å². The SMILES string of the molecule is CCNCCNCCN(CCN)C(=O)CCCCCNC(=O)[C@H]1O[C@@H](n2cnc3c(N)ncnc32)[C@H](O)[C@@H]1O. The lowest BCUT2D eigenvalue weighted by Gasteiger charge is -2.22. The Morgan fingerprint density at radius 1 is 1.05 bits per heavy atom. The molecule has 1 aliphatic heterocycles. The van der Waals surface area contributed by atoms with Gasteiger partial charge in [0.05, 0.1) is 6.33 Å². The predicted molar refractivity (Wildman–Crippen MR) is 144 cm³/mol. The van der Waals surface area contributed by atoms with E-state index in [1.807, 2.05) is 0 Å². The highest BCUT2D eigenvalue weighted by Gasteiger charge is 2.47. The maximum atomic E-state index is 12.7. The molecule has 0 radical (unpaired) electrons. The average molecular weight is 551 g/mol. The molecule has 15 nitrogen and oxygen atoms in total. The van der Waals surface area contributed by atoms with Crippen LogP contribution in [0.15, 0.2) is 12.7 Å². The molecule has 0 spiro atoms. The van der Waals surface area contributed by atoms with E-state index in [1.54, 1.807) is 4.90 Å². The summed E-state index contributed by atoms with van der Waals surface area (Å²) in [5, 5.41) is 30.3. The van der Waals surface area contributed by atoms with E-state index < -0.39 is 30.4 Å². The summed E-state index contributed by atoms with van der Waals surface area (Å²) in [4.78, 5) is 39.1. The molecule has 1 aliphatic rings. The van der Waals surface area contributed by atoms with Gasteiger partial charge in [-0.15, -0.1) is 0 Å². The van der Waals surface area contributed by atoms with Gasteiger partial charge in [-0.25, -0.2) is 15.0 Å². The van der Waals surface area contributed by atoms with E-state index in [2.05, 4.69) is 37.8 Å². The number of hydrogen-bond acceptors (Lipinski definition) is 12. The number of hydrogen-bond donors (Lipinski definition) is 7. The number of carbonyl (C=O) groups excluding carboxylic acids is 2.